The van der Waals surface area contributed by atoms with Crippen LogP contribution in [-0.4, -0.2) is 27.9 Å². The molecule has 1 aromatic heterocycles. The molecule has 0 saturated carbocycles. The smallest absolute Gasteiger partial charge is 0.254 e. The second-order valence-corrected chi connectivity index (χ2v) is 7.70. The van der Waals surface area contributed by atoms with E-state index in [4.69, 9.17) is 9.72 Å². The molecule has 2 aromatic carbocycles. The Labute approximate surface area is 171 Å². The van der Waals surface area contributed by atoms with E-state index in [0.29, 0.717) is 19.5 Å². The second kappa shape index (κ2) is 7.66. The van der Waals surface area contributed by atoms with Crippen LogP contribution in [0, 0.1) is 20.8 Å². The molecule has 0 aliphatic carbocycles. The molecule has 0 bridgehead atoms. The topological polar surface area (TPSA) is 55.3 Å². The number of carbonyl (C=O) groups is 1. The van der Waals surface area contributed by atoms with Crippen molar-refractivity contribution in [3.05, 3.63) is 87.5 Å². The van der Waals surface area contributed by atoms with Crippen LogP contribution in [-0.2, 0) is 19.5 Å². The molecule has 1 aliphatic heterocycles. The zero-order chi connectivity index (χ0) is 20.5. The first-order chi connectivity index (χ1) is 13.9. The van der Waals surface area contributed by atoms with E-state index in [2.05, 4.69) is 18.0 Å². The molecule has 3 aromatic rings. The van der Waals surface area contributed by atoms with Gasteiger partial charge < -0.3 is 9.64 Å². The quantitative estimate of drug-likeness (QED) is 0.675. The highest BCUT2D eigenvalue weighted by Gasteiger charge is 2.27. The number of hydrogen-bond donors (Lipinski definition) is 0. The van der Waals surface area contributed by atoms with Crippen LogP contribution in [0.1, 0.15) is 49.7 Å². The highest BCUT2D eigenvalue weighted by molar-refractivity contribution is 5.96. The Morgan fingerprint density at radius 2 is 1.76 bits per heavy atom. The third-order valence-corrected chi connectivity index (χ3v) is 5.59. The number of hydrogen-bond acceptors (Lipinski definition) is 4. The van der Waals surface area contributed by atoms with Gasteiger partial charge >= 0.3 is 0 Å². The van der Waals surface area contributed by atoms with Crippen LogP contribution in [0.25, 0.3) is 0 Å². The van der Waals surface area contributed by atoms with Crippen molar-refractivity contribution in [3.8, 4) is 5.75 Å². The van der Waals surface area contributed by atoms with Gasteiger partial charge in [0.2, 0.25) is 0 Å². The minimum atomic E-state index is 0.0558. The number of aryl methyl sites for hydroxylation is 3. The lowest BCUT2D eigenvalue weighted by Gasteiger charge is -2.17. The number of ether oxygens (including phenoxy) is 1. The highest BCUT2D eigenvalue weighted by atomic mass is 16.5. The van der Waals surface area contributed by atoms with Crippen molar-refractivity contribution in [1.82, 2.24) is 14.9 Å². The predicted octanol–water partition coefficient (Wildman–Crippen LogP) is 4.16. The van der Waals surface area contributed by atoms with Crippen LogP contribution in [0.3, 0.4) is 0 Å². The van der Waals surface area contributed by atoms with Gasteiger partial charge in [-0.3, -0.25) is 4.79 Å². The Hall–Kier alpha value is -3.21. The van der Waals surface area contributed by atoms with Crippen LogP contribution in [0.2, 0.25) is 0 Å². The first-order valence-corrected chi connectivity index (χ1v) is 9.78. The van der Waals surface area contributed by atoms with E-state index in [0.717, 1.165) is 45.1 Å². The minimum Gasteiger partial charge on any atom is -0.497 e. The number of fused-ring (bicyclic) bond motifs is 1. The Kier molecular flexibility index (Phi) is 5.05. The maximum Gasteiger partial charge on any atom is 0.254 e. The van der Waals surface area contributed by atoms with Gasteiger partial charge in [-0.15, -0.1) is 0 Å². The molecule has 0 fully saturated rings. The molecule has 0 unspecified atom stereocenters. The summed E-state index contributed by atoms with van der Waals surface area (Å²) in [5, 5.41) is 0. The average molecular weight is 387 g/mol. The first kappa shape index (κ1) is 19.1. The summed E-state index contributed by atoms with van der Waals surface area (Å²) in [6.07, 6.45) is 2.52. The monoisotopic (exact) mass is 387 g/mol. The first-order valence-electron chi connectivity index (χ1n) is 9.78. The lowest BCUT2D eigenvalue weighted by molar-refractivity contribution is 0.0749. The Morgan fingerprint density at radius 3 is 2.48 bits per heavy atom. The standard InChI is InChI=1S/C24H25N3O2/c1-15-9-17(3)21(10-16(15)2)24(28)27-13-19-12-25-23(26-22(19)14-27)11-18-5-7-20(29-4)8-6-18/h5-10,12H,11,13-14H2,1-4H3. The minimum absolute atomic E-state index is 0.0558. The third kappa shape index (κ3) is 3.86. The van der Waals surface area contributed by atoms with E-state index >= 15 is 0 Å². The van der Waals surface area contributed by atoms with Gasteiger partial charge in [-0.1, -0.05) is 18.2 Å². The fraction of sp³-hybridized carbons (Fsp3) is 0.292. The van der Waals surface area contributed by atoms with E-state index in [-0.39, 0.29) is 5.91 Å². The molecule has 29 heavy (non-hydrogen) atoms. The molecular weight excluding hydrogens is 362 g/mol. The van der Waals surface area contributed by atoms with Crippen LogP contribution >= 0.6 is 0 Å². The summed E-state index contributed by atoms with van der Waals surface area (Å²) in [4.78, 5) is 24.2. The van der Waals surface area contributed by atoms with E-state index in [1.165, 1.54) is 5.56 Å². The summed E-state index contributed by atoms with van der Waals surface area (Å²) >= 11 is 0. The molecule has 0 N–H and O–H groups in total. The summed E-state index contributed by atoms with van der Waals surface area (Å²) in [5.74, 6) is 1.66. The zero-order valence-electron chi connectivity index (χ0n) is 17.3. The molecule has 2 heterocycles. The van der Waals surface area contributed by atoms with E-state index in [1.54, 1.807) is 7.11 Å². The second-order valence-electron chi connectivity index (χ2n) is 7.70. The summed E-state index contributed by atoms with van der Waals surface area (Å²) in [6.45, 7) is 7.20. The molecule has 0 atom stereocenters. The molecule has 0 radical (unpaired) electrons. The van der Waals surface area contributed by atoms with Crippen molar-refractivity contribution in [2.24, 2.45) is 0 Å². The van der Waals surface area contributed by atoms with Gasteiger partial charge in [0.25, 0.3) is 5.91 Å². The lowest BCUT2D eigenvalue weighted by atomic mass is 10.00. The van der Waals surface area contributed by atoms with Gasteiger partial charge in [0.05, 0.1) is 19.3 Å². The molecule has 5 heteroatoms. The Bertz CT molecular complexity index is 1070. The van der Waals surface area contributed by atoms with Gasteiger partial charge in [0.1, 0.15) is 11.6 Å². The number of carbonyl (C=O) groups excluding carboxylic acids is 1. The Balaban J connectivity index is 1.51. The van der Waals surface area contributed by atoms with Gasteiger partial charge in [-0.2, -0.15) is 0 Å². The van der Waals surface area contributed by atoms with Crippen LogP contribution < -0.4 is 4.74 Å². The van der Waals surface area contributed by atoms with Gasteiger partial charge in [0, 0.05) is 30.3 Å². The number of amides is 1. The molecule has 5 nitrogen and oxygen atoms in total. The van der Waals surface area contributed by atoms with Crippen LogP contribution in [0.5, 0.6) is 5.75 Å². The fourth-order valence-electron chi connectivity index (χ4n) is 3.71. The van der Waals surface area contributed by atoms with Crippen LogP contribution in [0.4, 0.5) is 0 Å². The number of methoxy groups -OCH3 is 1. The van der Waals surface area contributed by atoms with Gasteiger partial charge in [0.15, 0.2) is 0 Å². The number of rotatable bonds is 4. The van der Waals surface area contributed by atoms with Crippen molar-refractivity contribution in [3.63, 3.8) is 0 Å². The number of nitrogens with zero attached hydrogens (tertiary/aromatic N) is 3. The highest BCUT2D eigenvalue weighted by Crippen LogP contribution is 2.25. The van der Waals surface area contributed by atoms with Crippen molar-refractivity contribution < 1.29 is 9.53 Å². The molecule has 1 amide bonds. The fourth-order valence-corrected chi connectivity index (χ4v) is 3.71. The Morgan fingerprint density at radius 1 is 1.03 bits per heavy atom. The van der Waals surface area contributed by atoms with Crippen molar-refractivity contribution >= 4 is 5.91 Å². The summed E-state index contributed by atoms with van der Waals surface area (Å²) in [5.41, 5.74) is 7.22. The summed E-state index contributed by atoms with van der Waals surface area (Å²) < 4.78 is 5.20. The molecule has 148 valence electrons. The lowest BCUT2D eigenvalue weighted by Crippen LogP contribution is -2.26. The van der Waals surface area contributed by atoms with Crippen molar-refractivity contribution in [1.29, 1.82) is 0 Å². The zero-order valence-corrected chi connectivity index (χ0v) is 17.3. The third-order valence-electron chi connectivity index (χ3n) is 5.59. The van der Waals surface area contributed by atoms with Crippen molar-refractivity contribution in [2.75, 3.05) is 7.11 Å². The predicted molar refractivity (Wildman–Crippen MR) is 112 cm³/mol. The van der Waals surface area contributed by atoms with E-state index < -0.39 is 0 Å². The molecule has 0 spiro atoms. The molecule has 1 aliphatic rings. The van der Waals surface area contributed by atoms with Gasteiger partial charge in [-0.25, -0.2) is 9.97 Å². The largest absolute Gasteiger partial charge is 0.497 e. The summed E-state index contributed by atoms with van der Waals surface area (Å²) in [7, 11) is 1.66. The molecule has 4 rings (SSSR count). The average Bonchev–Trinajstić information content (AvgIpc) is 3.14. The van der Waals surface area contributed by atoms with E-state index in [9.17, 15) is 4.79 Å². The maximum atomic E-state index is 13.1. The SMILES string of the molecule is COc1ccc(Cc2ncc3c(n2)CN(C(=O)c2cc(C)c(C)cc2C)C3)cc1. The van der Waals surface area contributed by atoms with Crippen LogP contribution in [0.15, 0.2) is 42.6 Å². The maximum absolute atomic E-state index is 13.1. The summed E-state index contributed by atoms with van der Waals surface area (Å²) in [6, 6.07) is 12.0. The van der Waals surface area contributed by atoms with E-state index in [1.807, 2.05) is 55.3 Å². The van der Waals surface area contributed by atoms with Crippen molar-refractivity contribution in [2.45, 2.75) is 40.3 Å². The molecular formula is C24H25N3O2. The number of aromatic nitrogens is 2. The van der Waals surface area contributed by atoms with Gasteiger partial charge in [-0.05, 0) is 61.2 Å². The molecule has 0 saturated heterocycles. The normalized spacial score (nSPS) is 12.8. The number of benzene rings is 2.